The van der Waals surface area contributed by atoms with E-state index in [0.29, 0.717) is 29.4 Å². The number of hydrogen-bond acceptors (Lipinski definition) is 2. The predicted octanol–water partition coefficient (Wildman–Crippen LogP) is 6.81. The number of nitrogens with one attached hydrogen (secondary N) is 1. The summed E-state index contributed by atoms with van der Waals surface area (Å²) < 4.78 is 0. The number of aliphatic carboxylic acids is 1. The molecule has 1 aromatic heterocycles. The van der Waals surface area contributed by atoms with Crippen molar-refractivity contribution >= 4 is 22.7 Å². The third-order valence-corrected chi connectivity index (χ3v) is 6.99. The fourth-order valence-electron chi connectivity index (χ4n) is 5.13. The molecule has 0 aliphatic heterocycles. The number of benzene rings is 3. The Kier molecular flexibility index (Phi) is 5.82. The zero-order valence-electron chi connectivity index (χ0n) is 18.5. The quantitative estimate of drug-likeness (QED) is 0.325. The highest BCUT2D eigenvalue weighted by atomic mass is 16.4. The first kappa shape index (κ1) is 21.2. The van der Waals surface area contributed by atoms with Crippen LogP contribution in [0.4, 0.5) is 0 Å². The van der Waals surface area contributed by atoms with Crippen molar-refractivity contribution in [2.45, 2.75) is 38.0 Å². The lowest BCUT2D eigenvalue weighted by Gasteiger charge is -2.28. The first-order valence-corrected chi connectivity index (χ1v) is 11.6. The molecule has 1 aliphatic carbocycles. The van der Waals surface area contributed by atoms with Crippen molar-refractivity contribution in [2.24, 2.45) is 5.92 Å². The van der Waals surface area contributed by atoms with E-state index in [4.69, 9.17) is 5.11 Å². The molecule has 4 heteroatoms. The number of carbonyl (C=O) groups is 2. The number of H-pyrrole nitrogens is 1. The number of ketones is 1. The third kappa shape index (κ3) is 4.47. The Bertz CT molecular complexity index is 1280. The fourth-order valence-corrected chi connectivity index (χ4v) is 5.13. The van der Waals surface area contributed by atoms with Gasteiger partial charge in [0.05, 0.1) is 0 Å². The molecular formula is C29H27NO3. The van der Waals surface area contributed by atoms with E-state index in [1.54, 1.807) is 6.20 Å². The van der Waals surface area contributed by atoms with E-state index in [1.807, 2.05) is 36.4 Å². The van der Waals surface area contributed by atoms with E-state index in [0.717, 1.165) is 47.7 Å². The maximum Gasteiger partial charge on any atom is 0.303 e. The van der Waals surface area contributed by atoms with Gasteiger partial charge in [-0.05, 0) is 60.3 Å². The van der Waals surface area contributed by atoms with Gasteiger partial charge in [-0.25, -0.2) is 0 Å². The lowest BCUT2D eigenvalue weighted by atomic mass is 9.77. The highest BCUT2D eigenvalue weighted by molar-refractivity contribution is 6.16. The summed E-state index contributed by atoms with van der Waals surface area (Å²) in [4.78, 5) is 27.1. The van der Waals surface area contributed by atoms with Gasteiger partial charge in [0, 0.05) is 34.6 Å². The van der Waals surface area contributed by atoms with Crippen molar-refractivity contribution < 1.29 is 14.7 Å². The van der Waals surface area contributed by atoms with Crippen LogP contribution < -0.4 is 0 Å². The molecule has 0 amide bonds. The molecule has 4 aromatic rings. The van der Waals surface area contributed by atoms with E-state index in [1.165, 1.54) is 5.56 Å². The van der Waals surface area contributed by atoms with E-state index in [2.05, 4.69) is 41.4 Å². The SMILES string of the molecule is O=C(O)C[C@H]1CC[C@H](c2ccc(-c3ccc4c(C(=O)c5ccccc5)c[nH]c4c3)cc2)CC1. The number of aromatic amines is 1. The van der Waals surface area contributed by atoms with Gasteiger partial charge in [0.25, 0.3) is 0 Å². The van der Waals surface area contributed by atoms with Gasteiger partial charge in [-0.3, -0.25) is 9.59 Å². The topological polar surface area (TPSA) is 70.2 Å². The molecule has 0 spiro atoms. The molecule has 4 nitrogen and oxygen atoms in total. The monoisotopic (exact) mass is 437 g/mol. The number of carbonyl (C=O) groups excluding carboxylic acids is 1. The summed E-state index contributed by atoms with van der Waals surface area (Å²) in [6.07, 6.45) is 6.20. The number of aromatic nitrogens is 1. The molecule has 1 fully saturated rings. The largest absolute Gasteiger partial charge is 0.481 e. The van der Waals surface area contributed by atoms with Crippen LogP contribution in [0.3, 0.4) is 0 Å². The molecular weight excluding hydrogens is 410 g/mol. The summed E-state index contributed by atoms with van der Waals surface area (Å²) in [5.74, 6) is 0.182. The zero-order chi connectivity index (χ0) is 22.8. The molecule has 3 aromatic carbocycles. The van der Waals surface area contributed by atoms with E-state index >= 15 is 0 Å². The van der Waals surface area contributed by atoms with Crippen molar-refractivity contribution in [3.63, 3.8) is 0 Å². The molecule has 0 unspecified atom stereocenters. The van der Waals surface area contributed by atoms with Crippen molar-refractivity contribution in [3.8, 4) is 11.1 Å². The molecule has 0 saturated heterocycles. The summed E-state index contributed by atoms with van der Waals surface area (Å²) in [6.45, 7) is 0. The second kappa shape index (κ2) is 9.07. The smallest absolute Gasteiger partial charge is 0.303 e. The van der Waals surface area contributed by atoms with Crippen LogP contribution in [0.5, 0.6) is 0 Å². The number of rotatable bonds is 6. The fraction of sp³-hybridized carbons (Fsp3) is 0.241. The highest BCUT2D eigenvalue weighted by Gasteiger charge is 2.24. The molecule has 166 valence electrons. The number of carboxylic acid groups (broad SMARTS) is 1. The minimum Gasteiger partial charge on any atom is -0.481 e. The van der Waals surface area contributed by atoms with Crippen LogP contribution in [0.25, 0.3) is 22.0 Å². The summed E-state index contributed by atoms with van der Waals surface area (Å²) in [6, 6.07) is 24.3. The lowest BCUT2D eigenvalue weighted by Crippen LogP contribution is -2.16. The van der Waals surface area contributed by atoms with Crippen molar-refractivity contribution in [1.82, 2.24) is 4.98 Å². The summed E-state index contributed by atoms with van der Waals surface area (Å²) in [5.41, 5.74) is 5.93. The van der Waals surface area contributed by atoms with Gasteiger partial charge >= 0.3 is 5.97 Å². The van der Waals surface area contributed by atoms with Crippen LogP contribution in [0.15, 0.2) is 79.0 Å². The maximum absolute atomic E-state index is 12.9. The molecule has 0 bridgehead atoms. The first-order valence-electron chi connectivity index (χ1n) is 11.6. The molecule has 0 atom stereocenters. The Labute approximate surface area is 193 Å². The molecule has 5 rings (SSSR count). The van der Waals surface area contributed by atoms with Crippen molar-refractivity contribution in [1.29, 1.82) is 0 Å². The highest BCUT2D eigenvalue weighted by Crippen LogP contribution is 2.38. The minimum atomic E-state index is -0.682. The van der Waals surface area contributed by atoms with Gasteiger partial charge < -0.3 is 10.1 Å². The molecule has 33 heavy (non-hydrogen) atoms. The van der Waals surface area contributed by atoms with Crippen LogP contribution in [0, 0.1) is 5.92 Å². The molecule has 1 aliphatic rings. The molecule has 0 radical (unpaired) electrons. The summed E-state index contributed by atoms with van der Waals surface area (Å²) in [5, 5.41) is 9.95. The normalized spacial score (nSPS) is 18.3. The van der Waals surface area contributed by atoms with E-state index < -0.39 is 5.97 Å². The van der Waals surface area contributed by atoms with Gasteiger partial charge in [0.1, 0.15) is 0 Å². The standard InChI is InChI=1S/C29H27NO3/c31-28(32)16-19-6-8-20(9-7-19)21-10-12-22(13-11-21)24-14-15-25-26(18-30-27(25)17-24)29(33)23-4-2-1-3-5-23/h1-5,10-15,17-20,30H,6-9,16H2,(H,31,32)/t19-,20-. The number of carboxylic acids is 1. The van der Waals surface area contributed by atoms with Gasteiger partial charge in [0.2, 0.25) is 0 Å². The average Bonchev–Trinajstić information content (AvgIpc) is 3.28. The third-order valence-electron chi connectivity index (χ3n) is 6.99. The molecule has 1 heterocycles. The van der Waals surface area contributed by atoms with Crippen LogP contribution in [0.1, 0.15) is 59.5 Å². The first-order chi connectivity index (χ1) is 16.1. The maximum atomic E-state index is 12.9. The zero-order valence-corrected chi connectivity index (χ0v) is 18.5. The van der Waals surface area contributed by atoms with E-state index in [9.17, 15) is 9.59 Å². The average molecular weight is 438 g/mol. The second-order valence-electron chi connectivity index (χ2n) is 9.10. The Morgan fingerprint density at radius 3 is 2.24 bits per heavy atom. The summed E-state index contributed by atoms with van der Waals surface area (Å²) in [7, 11) is 0. The Balaban J connectivity index is 1.32. The van der Waals surface area contributed by atoms with Crippen LogP contribution >= 0.6 is 0 Å². The van der Waals surface area contributed by atoms with Gasteiger partial charge in [-0.15, -0.1) is 0 Å². The van der Waals surface area contributed by atoms with Crippen LogP contribution in [0.2, 0.25) is 0 Å². The van der Waals surface area contributed by atoms with Gasteiger partial charge in [-0.2, -0.15) is 0 Å². The van der Waals surface area contributed by atoms with E-state index in [-0.39, 0.29) is 5.78 Å². The summed E-state index contributed by atoms with van der Waals surface area (Å²) >= 11 is 0. The van der Waals surface area contributed by atoms with Crippen LogP contribution in [-0.2, 0) is 4.79 Å². The predicted molar refractivity (Wildman–Crippen MR) is 131 cm³/mol. The Hall–Kier alpha value is -3.66. The Morgan fingerprint density at radius 2 is 1.55 bits per heavy atom. The van der Waals surface area contributed by atoms with Crippen molar-refractivity contribution in [3.05, 3.63) is 95.7 Å². The molecule has 1 saturated carbocycles. The van der Waals surface area contributed by atoms with Crippen LogP contribution in [-0.4, -0.2) is 21.8 Å². The minimum absolute atomic E-state index is 0.0250. The number of hydrogen-bond donors (Lipinski definition) is 2. The van der Waals surface area contributed by atoms with Crippen molar-refractivity contribution in [2.75, 3.05) is 0 Å². The molecule has 2 N–H and O–H groups in total. The van der Waals surface area contributed by atoms with Gasteiger partial charge in [-0.1, -0.05) is 66.7 Å². The Morgan fingerprint density at radius 1 is 0.848 bits per heavy atom. The second-order valence-corrected chi connectivity index (χ2v) is 9.10. The van der Waals surface area contributed by atoms with Gasteiger partial charge in [0.15, 0.2) is 5.78 Å². The number of fused-ring (bicyclic) bond motifs is 1. The lowest BCUT2D eigenvalue weighted by molar-refractivity contribution is -0.138.